The van der Waals surface area contributed by atoms with E-state index in [1.165, 1.54) is 47.9 Å². The second-order valence-electron chi connectivity index (χ2n) is 9.08. The number of fused-ring (bicyclic) bond motifs is 1. The number of aryl methyl sites for hydroxylation is 4. The summed E-state index contributed by atoms with van der Waals surface area (Å²) in [5.41, 5.74) is 6.61. The predicted octanol–water partition coefficient (Wildman–Crippen LogP) is 6.01. The molecule has 0 saturated carbocycles. The molecule has 1 saturated heterocycles. The Labute approximate surface area is 185 Å². The number of hydrogen-bond acceptors (Lipinski definition) is 3. The molecule has 1 aromatic heterocycles. The minimum absolute atomic E-state index is 0.129. The molecule has 1 unspecified atom stereocenters. The number of benzene rings is 2. The van der Waals surface area contributed by atoms with Crippen LogP contribution in [0.3, 0.4) is 0 Å². The van der Waals surface area contributed by atoms with E-state index >= 15 is 0 Å². The van der Waals surface area contributed by atoms with Gasteiger partial charge in [-0.15, -0.1) is 0 Å². The molecule has 3 aromatic rings. The van der Waals surface area contributed by atoms with Crippen molar-refractivity contribution in [3.05, 3.63) is 70.0 Å². The maximum atomic E-state index is 13.1. The Kier molecular flexibility index (Phi) is 6.47. The van der Waals surface area contributed by atoms with E-state index in [1.807, 2.05) is 13.0 Å². The molecule has 0 bridgehead atoms. The molecule has 1 aliphatic heterocycles. The third kappa shape index (κ3) is 4.69. The van der Waals surface area contributed by atoms with Gasteiger partial charge in [0, 0.05) is 17.5 Å². The lowest BCUT2D eigenvalue weighted by Crippen LogP contribution is -2.38. The predicted molar refractivity (Wildman–Crippen MR) is 127 cm³/mol. The zero-order chi connectivity index (χ0) is 22.0. The molecule has 4 rings (SSSR count). The highest BCUT2D eigenvalue weighted by Gasteiger charge is 2.24. The number of nitrogens with one attached hydrogen (secondary N) is 1. The van der Waals surface area contributed by atoms with E-state index in [0.717, 1.165) is 29.6 Å². The monoisotopic (exact) mass is 418 g/mol. The molecule has 0 aliphatic carbocycles. The molecule has 4 nitrogen and oxygen atoms in total. The lowest BCUT2D eigenvalue weighted by Gasteiger charge is -2.31. The van der Waals surface area contributed by atoms with Crippen LogP contribution in [0.15, 0.2) is 40.8 Å². The first kappa shape index (κ1) is 21.6. The van der Waals surface area contributed by atoms with Gasteiger partial charge in [0.2, 0.25) is 0 Å². The van der Waals surface area contributed by atoms with E-state index in [2.05, 4.69) is 61.3 Å². The number of carbonyl (C=O) groups is 1. The Morgan fingerprint density at radius 1 is 0.968 bits per heavy atom. The van der Waals surface area contributed by atoms with Crippen LogP contribution in [-0.4, -0.2) is 30.4 Å². The van der Waals surface area contributed by atoms with Crippen molar-refractivity contribution in [2.45, 2.75) is 59.4 Å². The number of amides is 1. The first-order valence-electron chi connectivity index (χ1n) is 11.5. The summed E-state index contributed by atoms with van der Waals surface area (Å²) in [5.74, 6) is 0.300. The fraction of sp³-hybridized carbons (Fsp3) is 0.444. The summed E-state index contributed by atoms with van der Waals surface area (Å²) >= 11 is 0. The van der Waals surface area contributed by atoms with Crippen LogP contribution >= 0.6 is 0 Å². The number of carbonyl (C=O) groups excluding carboxylic acids is 1. The van der Waals surface area contributed by atoms with Gasteiger partial charge in [-0.1, -0.05) is 42.7 Å². The van der Waals surface area contributed by atoms with E-state index in [4.69, 9.17) is 4.42 Å². The summed E-state index contributed by atoms with van der Waals surface area (Å²) in [4.78, 5) is 15.7. The third-order valence-corrected chi connectivity index (χ3v) is 6.76. The molecule has 1 N–H and O–H groups in total. The van der Waals surface area contributed by atoms with Gasteiger partial charge < -0.3 is 9.73 Å². The zero-order valence-corrected chi connectivity index (χ0v) is 19.3. The van der Waals surface area contributed by atoms with Crippen molar-refractivity contribution in [1.29, 1.82) is 0 Å². The fourth-order valence-electron chi connectivity index (χ4n) is 4.62. The Hall–Kier alpha value is -2.59. The van der Waals surface area contributed by atoms with Gasteiger partial charge in [-0.25, -0.2) is 0 Å². The second kappa shape index (κ2) is 9.27. The summed E-state index contributed by atoms with van der Waals surface area (Å²) in [6.07, 6.45) is 5.02. The first-order valence-corrected chi connectivity index (χ1v) is 11.5. The van der Waals surface area contributed by atoms with Crippen LogP contribution < -0.4 is 5.32 Å². The van der Waals surface area contributed by atoms with Crippen molar-refractivity contribution in [2.24, 2.45) is 0 Å². The molecule has 31 heavy (non-hydrogen) atoms. The molecule has 0 radical (unpaired) electrons. The molecule has 1 atom stereocenters. The van der Waals surface area contributed by atoms with E-state index in [9.17, 15) is 4.79 Å². The largest absolute Gasteiger partial charge is 0.451 e. The van der Waals surface area contributed by atoms with E-state index in [0.29, 0.717) is 12.3 Å². The Morgan fingerprint density at radius 3 is 2.29 bits per heavy atom. The van der Waals surface area contributed by atoms with Crippen LogP contribution in [0.5, 0.6) is 0 Å². The van der Waals surface area contributed by atoms with Gasteiger partial charge in [-0.2, -0.15) is 0 Å². The van der Waals surface area contributed by atoms with E-state index in [-0.39, 0.29) is 11.9 Å². The van der Waals surface area contributed by atoms with Crippen molar-refractivity contribution in [2.75, 3.05) is 19.6 Å². The van der Waals surface area contributed by atoms with Gasteiger partial charge >= 0.3 is 0 Å². The smallest absolute Gasteiger partial charge is 0.287 e. The number of nitrogens with zero attached hydrogens (tertiary/aromatic N) is 1. The van der Waals surface area contributed by atoms with Gasteiger partial charge in [-0.3, -0.25) is 9.69 Å². The SMILES string of the molecule is Cc1ccc(C(CNC(=O)c2oc3cc(C)c(C)cc3c2C)N2CCCCCC2)cc1. The molecule has 1 fully saturated rings. The summed E-state index contributed by atoms with van der Waals surface area (Å²) in [6, 6.07) is 13.1. The third-order valence-electron chi connectivity index (χ3n) is 6.76. The summed E-state index contributed by atoms with van der Waals surface area (Å²) in [6.45, 7) is 11.0. The molecular weight excluding hydrogens is 384 g/mol. The highest BCUT2D eigenvalue weighted by Crippen LogP contribution is 2.29. The van der Waals surface area contributed by atoms with E-state index in [1.54, 1.807) is 0 Å². The van der Waals surface area contributed by atoms with Gasteiger partial charge in [0.25, 0.3) is 5.91 Å². The van der Waals surface area contributed by atoms with Crippen LogP contribution in [0, 0.1) is 27.7 Å². The van der Waals surface area contributed by atoms with E-state index < -0.39 is 0 Å². The maximum absolute atomic E-state index is 13.1. The van der Waals surface area contributed by atoms with Crippen LogP contribution in [0.25, 0.3) is 11.0 Å². The fourth-order valence-corrected chi connectivity index (χ4v) is 4.62. The second-order valence-corrected chi connectivity index (χ2v) is 9.08. The van der Waals surface area contributed by atoms with Gasteiger partial charge in [-0.05, 0) is 82.4 Å². The van der Waals surface area contributed by atoms with Crippen LogP contribution in [0.2, 0.25) is 0 Å². The molecule has 2 heterocycles. The lowest BCUT2D eigenvalue weighted by atomic mass is 10.0. The van der Waals surface area contributed by atoms with Crippen molar-refractivity contribution in [3.63, 3.8) is 0 Å². The summed E-state index contributed by atoms with van der Waals surface area (Å²) < 4.78 is 5.99. The molecule has 2 aromatic carbocycles. The molecular formula is C27H34N2O2. The average molecular weight is 419 g/mol. The Bertz CT molecular complexity index is 1060. The van der Waals surface area contributed by atoms with Gasteiger partial charge in [0.1, 0.15) is 5.58 Å². The number of hydrogen-bond donors (Lipinski definition) is 1. The Balaban J connectivity index is 1.56. The molecule has 4 heteroatoms. The molecule has 164 valence electrons. The van der Waals surface area contributed by atoms with Crippen LogP contribution in [0.4, 0.5) is 0 Å². The minimum atomic E-state index is -0.129. The maximum Gasteiger partial charge on any atom is 0.287 e. The highest BCUT2D eigenvalue weighted by atomic mass is 16.3. The highest BCUT2D eigenvalue weighted by molar-refractivity contribution is 5.99. The van der Waals surface area contributed by atoms with Gasteiger partial charge in [0.15, 0.2) is 5.76 Å². The minimum Gasteiger partial charge on any atom is -0.451 e. The van der Waals surface area contributed by atoms with Crippen molar-refractivity contribution >= 4 is 16.9 Å². The normalized spacial score (nSPS) is 16.3. The summed E-state index contributed by atoms with van der Waals surface area (Å²) in [5, 5.41) is 4.21. The van der Waals surface area contributed by atoms with Crippen LogP contribution in [0.1, 0.15) is 70.1 Å². The molecule has 1 amide bonds. The quantitative estimate of drug-likeness (QED) is 0.551. The van der Waals surface area contributed by atoms with Crippen molar-refractivity contribution < 1.29 is 9.21 Å². The average Bonchev–Trinajstić information content (AvgIpc) is 2.93. The lowest BCUT2D eigenvalue weighted by molar-refractivity contribution is 0.0907. The topological polar surface area (TPSA) is 45.5 Å². The van der Waals surface area contributed by atoms with Crippen molar-refractivity contribution in [1.82, 2.24) is 10.2 Å². The van der Waals surface area contributed by atoms with Crippen molar-refractivity contribution in [3.8, 4) is 0 Å². The standard InChI is InChI=1S/C27H34N2O2/c1-18-9-11-22(12-10-18)24(29-13-7-5-6-8-14-29)17-28-27(30)26-21(4)23-15-19(2)20(3)16-25(23)31-26/h9-12,15-16,24H,5-8,13-14,17H2,1-4H3,(H,28,30). The zero-order valence-electron chi connectivity index (χ0n) is 19.3. The number of likely N-dealkylation sites (tertiary alicyclic amines) is 1. The molecule has 1 aliphatic rings. The summed E-state index contributed by atoms with van der Waals surface area (Å²) in [7, 11) is 0. The van der Waals surface area contributed by atoms with Crippen LogP contribution in [-0.2, 0) is 0 Å². The van der Waals surface area contributed by atoms with Gasteiger partial charge in [0.05, 0.1) is 6.04 Å². The Morgan fingerprint density at radius 2 is 1.61 bits per heavy atom. The number of furan rings is 1. The molecule has 0 spiro atoms. The number of rotatable bonds is 5. The first-order chi connectivity index (χ1) is 14.9.